The van der Waals surface area contributed by atoms with Crippen molar-refractivity contribution in [3.8, 4) is 89.0 Å². The number of rotatable bonds is 6. The minimum absolute atomic E-state index is 1.20. The molecule has 0 fully saturated rings. The predicted octanol–water partition coefficient (Wildman–Crippen LogP) is 18.8. The molecule has 0 nitrogen and oxygen atoms in total. The molecular weight excluding hydrogens is 805 g/mol. The maximum absolute atomic E-state index is 2.45. The summed E-state index contributed by atoms with van der Waals surface area (Å²) in [5.74, 6) is 0. The van der Waals surface area contributed by atoms with Crippen LogP contribution in [0.3, 0.4) is 0 Å². The second-order valence-corrected chi connectivity index (χ2v) is 18.2. The van der Waals surface area contributed by atoms with Gasteiger partial charge < -0.3 is 0 Å². The minimum Gasteiger partial charge on any atom is -0.0622 e. The van der Waals surface area contributed by atoms with Crippen molar-refractivity contribution in [2.45, 2.75) is 6.92 Å². The van der Waals surface area contributed by atoms with Gasteiger partial charge in [-0.3, -0.25) is 0 Å². The highest BCUT2D eigenvalue weighted by Crippen LogP contribution is 2.63. The molecule has 0 radical (unpaired) electrons. The van der Waals surface area contributed by atoms with E-state index in [1.165, 1.54) is 148 Å². The Morgan fingerprint density at radius 2 is 0.537 bits per heavy atom. The van der Waals surface area contributed by atoms with Gasteiger partial charge in [0.1, 0.15) is 0 Å². The van der Waals surface area contributed by atoms with Gasteiger partial charge in [-0.2, -0.15) is 0 Å². The summed E-state index contributed by atoms with van der Waals surface area (Å²) in [4.78, 5) is 0. The lowest BCUT2D eigenvalue weighted by atomic mass is 9.73. The van der Waals surface area contributed by atoms with Crippen molar-refractivity contribution in [3.63, 3.8) is 0 Å². The summed E-state index contributed by atoms with van der Waals surface area (Å²) < 4.78 is 0. The van der Waals surface area contributed by atoms with E-state index in [2.05, 4.69) is 244 Å². The third-order valence-corrected chi connectivity index (χ3v) is 14.7. The van der Waals surface area contributed by atoms with Crippen molar-refractivity contribution in [2.75, 3.05) is 0 Å². The van der Waals surface area contributed by atoms with Crippen LogP contribution in [-0.4, -0.2) is 0 Å². The van der Waals surface area contributed by atoms with Crippen molar-refractivity contribution in [1.29, 1.82) is 0 Å². The summed E-state index contributed by atoms with van der Waals surface area (Å²) in [5.41, 5.74) is 21.3. The van der Waals surface area contributed by atoms with Crippen LogP contribution >= 0.6 is 0 Å². The fraction of sp³-hybridized carbons (Fsp3) is 0.0149. The van der Waals surface area contributed by atoms with E-state index in [1.54, 1.807) is 0 Å². The van der Waals surface area contributed by atoms with Gasteiger partial charge in [-0.15, -0.1) is 0 Å². The van der Waals surface area contributed by atoms with Gasteiger partial charge in [-0.1, -0.05) is 237 Å². The first-order chi connectivity index (χ1) is 33.2. The Morgan fingerprint density at radius 1 is 0.179 bits per heavy atom. The highest BCUT2D eigenvalue weighted by atomic mass is 14.4. The molecule has 0 atom stereocenters. The second kappa shape index (κ2) is 14.7. The minimum atomic E-state index is 1.20. The van der Waals surface area contributed by atoms with Gasteiger partial charge in [0.2, 0.25) is 0 Å². The lowest BCUT2D eigenvalue weighted by Gasteiger charge is -2.29. The fourth-order valence-corrected chi connectivity index (χ4v) is 12.0. The van der Waals surface area contributed by atoms with Crippen molar-refractivity contribution in [3.05, 3.63) is 242 Å². The van der Waals surface area contributed by atoms with Crippen LogP contribution in [0, 0.1) is 6.92 Å². The monoisotopic (exact) mass is 846 g/mol. The average Bonchev–Trinajstić information content (AvgIpc) is 3.73. The molecule has 0 amide bonds. The number of fused-ring (bicyclic) bond motifs is 6. The van der Waals surface area contributed by atoms with Crippen LogP contribution in [0.4, 0.5) is 0 Å². The summed E-state index contributed by atoms with van der Waals surface area (Å²) in [6, 6.07) is 88.4. The smallest absolute Gasteiger partial charge is 0.0000480 e. The molecule has 0 unspecified atom stereocenters. The molecule has 0 N–H and O–H groups in total. The van der Waals surface area contributed by atoms with Crippen LogP contribution in [0.1, 0.15) is 5.56 Å². The lowest BCUT2D eigenvalue weighted by Crippen LogP contribution is -2.01. The molecule has 14 rings (SSSR count). The zero-order valence-electron chi connectivity index (χ0n) is 37.0. The Bertz CT molecular complexity index is 4030. The predicted molar refractivity (Wildman–Crippen MR) is 287 cm³/mol. The lowest BCUT2D eigenvalue weighted by molar-refractivity contribution is 1.55. The molecule has 310 valence electrons. The molecule has 0 aliphatic heterocycles. The van der Waals surface area contributed by atoms with Gasteiger partial charge in [0, 0.05) is 0 Å². The van der Waals surface area contributed by atoms with Gasteiger partial charge in [0.15, 0.2) is 0 Å². The van der Waals surface area contributed by atoms with E-state index in [-0.39, 0.29) is 0 Å². The first kappa shape index (κ1) is 37.8. The highest BCUT2D eigenvalue weighted by Gasteiger charge is 2.36. The largest absolute Gasteiger partial charge is 0.0622 e. The quantitative estimate of drug-likeness (QED) is 0.116. The normalized spacial score (nSPS) is 12.0. The van der Waals surface area contributed by atoms with Crippen molar-refractivity contribution in [2.24, 2.45) is 0 Å². The molecule has 13 aromatic rings. The van der Waals surface area contributed by atoms with Crippen molar-refractivity contribution < 1.29 is 0 Å². The zero-order chi connectivity index (χ0) is 44.2. The second-order valence-electron chi connectivity index (χ2n) is 18.2. The van der Waals surface area contributed by atoms with E-state index in [9.17, 15) is 0 Å². The molecular formula is C67H42. The Balaban J connectivity index is 1.33. The number of hydrogen-bond donors (Lipinski definition) is 0. The topological polar surface area (TPSA) is 0 Å². The van der Waals surface area contributed by atoms with Crippen molar-refractivity contribution >= 4 is 53.9 Å². The third-order valence-electron chi connectivity index (χ3n) is 14.7. The van der Waals surface area contributed by atoms with Gasteiger partial charge in [-0.25, -0.2) is 0 Å². The van der Waals surface area contributed by atoms with Crippen LogP contribution in [0.2, 0.25) is 0 Å². The van der Waals surface area contributed by atoms with E-state index in [0.717, 1.165) is 0 Å². The molecule has 0 heterocycles. The molecule has 0 saturated heterocycles. The van der Waals surface area contributed by atoms with Gasteiger partial charge in [0.05, 0.1) is 0 Å². The molecule has 0 bridgehead atoms. The molecule has 0 saturated carbocycles. The Hall–Kier alpha value is -8.58. The van der Waals surface area contributed by atoms with Gasteiger partial charge in [0.25, 0.3) is 0 Å². The first-order valence-corrected chi connectivity index (χ1v) is 23.4. The van der Waals surface area contributed by atoms with E-state index in [0.29, 0.717) is 0 Å². The molecule has 0 spiro atoms. The maximum atomic E-state index is 2.45. The van der Waals surface area contributed by atoms with Crippen molar-refractivity contribution in [1.82, 2.24) is 0 Å². The Labute approximate surface area is 390 Å². The Kier molecular flexibility index (Phi) is 8.30. The van der Waals surface area contributed by atoms with Gasteiger partial charge in [-0.05, 0) is 155 Å². The van der Waals surface area contributed by atoms with E-state index >= 15 is 0 Å². The summed E-state index contributed by atoms with van der Waals surface area (Å²) >= 11 is 0. The molecule has 67 heavy (non-hydrogen) atoms. The van der Waals surface area contributed by atoms with E-state index in [1.807, 2.05) is 0 Å². The molecule has 1 aliphatic rings. The van der Waals surface area contributed by atoms with E-state index in [4.69, 9.17) is 0 Å². The number of aryl methyl sites for hydroxylation is 1. The summed E-state index contributed by atoms with van der Waals surface area (Å²) in [7, 11) is 0. The summed E-state index contributed by atoms with van der Waals surface area (Å²) in [6.45, 7) is 2.27. The molecule has 1 aliphatic carbocycles. The zero-order valence-corrected chi connectivity index (χ0v) is 37.0. The summed E-state index contributed by atoms with van der Waals surface area (Å²) in [5, 5.41) is 13.1. The number of hydrogen-bond acceptors (Lipinski definition) is 0. The fourth-order valence-electron chi connectivity index (χ4n) is 12.0. The molecule has 13 aromatic carbocycles. The van der Waals surface area contributed by atoms with Gasteiger partial charge >= 0.3 is 0 Å². The first-order valence-electron chi connectivity index (χ1n) is 23.4. The number of benzene rings is 13. The van der Waals surface area contributed by atoms with Crippen LogP contribution in [-0.2, 0) is 0 Å². The van der Waals surface area contributed by atoms with Crippen LogP contribution in [0.5, 0.6) is 0 Å². The third kappa shape index (κ3) is 5.42. The summed E-state index contributed by atoms with van der Waals surface area (Å²) in [6.07, 6.45) is 0. The van der Waals surface area contributed by atoms with Crippen LogP contribution in [0.25, 0.3) is 143 Å². The molecule has 0 aromatic heterocycles. The Morgan fingerprint density at radius 3 is 1.04 bits per heavy atom. The highest BCUT2D eigenvalue weighted by molar-refractivity contribution is 6.46. The van der Waals surface area contributed by atoms with Crippen LogP contribution < -0.4 is 0 Å². The SMILES string of the molecule is Cc1ccc2c3c4c(c(-c5ccccc5)c5c(-c6ccccc6)c(-c6ccccc6)c(-c6ccccc6)c(c6cccc1c62)c53)-c1ccc(-c2ccccc2)c2c(-c3ccccc3)ccc-4c12. The van der Waals surface area contributed by atoms with Crippen LogP contribution in [0.15, 0.2) is 237 Å². The average molecular weight is 847 g/mol. The van der Waals surface area contributed by atoms with E-state index < -0.39 is 0 Å². The maximum Gasteiger partial charge on any atom is -0.0000480 e. The standard InChI is InChI=1S/C67H42/c1-41-35-36-52-59-48(41)33-20-34-51(59)63-56(45-27-14-5-15-28-45)55(44-25-12-4-13-26-44)57(46-29-16-6-17-30-46)66-58(47-31-18-7-19-32-47)62-53-39-37-49(42-21-8-2-9-22-42)60-50(43-23-10-3-11-24-43)38-40-54(61(53)60)64(62)65(52)67(63)66/h2-40H,1H3. The molecule has 0 heteroatoms.